The molecule has 0 fully saturated rings. The first-order valence-electron chi connectivity index (χ1n) is 7.52. The minimum atomic E-state index is -1.17. The van der Waals surface area contributed by atoms with Gasteiger partial charge in [0.25, 0.3) is 0 Å². The second-order valence-electron chi connectivity index (χ2n) is 6.67. The fourth-order valence-electron chi connectivity index (χ4n) is 2.47. The molecule has 130 valence electrons. The molecule has 6 nitrogen and oxygen atoms in total. The molecule has 1 aromatic heterocycles. The molecule has 24 heavy (non-hydrogen) atoms. The molecule has 2 aromatic rings. The number of aliphatic carboxylic acids is 1. The highest BCUT2D eigenvalue weighted by molar-refractivity contribution is 5.86. The second kappa shape index (κ2) is 6.51. The maximum atomic E-state index is 13.4. The first kappa shape index (κ1) is 17.8. The maximum absolute atomic E-state index is 13.4. The number of carboxylic acid groups (broad SMARTS) is 1. The van der Waals surface area contributed by atoms with E-state index in [0.29, 0.717) is 11.1 Å². The van der Waals surface area contributed by atoms with Crippen LogP contribution in [0.5, 0.6) is 0 Å². The lowest BCUT2D eigenvalue weighted by Crippen LogP contribution is -2.44. The Kier molecular flexibility index (Phi) is 4.82. The van der Waals surface area contributed by atoms with E-state index in [-0.39, 0.29) is 12.2 Å². The van der Waals surface area contributed by atoms with E-state index in [1.807, 2.05) is 0 Å². The summed E-state index contributed by atoms with van der Waals surface area (Å²) in [5.74, 6) is -1.53. The van der Waals surface area contributed by atoms with Crippen molar-refractivity contribution in [3.63, 3.8) is 0 Å². The van der Waals surface area contributed by atoms with E-state index in [9.17, 15) is 19.1 Å². The smallest absolute Gasteiger partial charge is 0.408 e. The summed E-state index contributed by atoms with van der Waals surface area (Å²) >= 11 is 0. The fraction of sp³-hybridized carbons (Fsp3) is 0.412. The predicted octanol–water partition coefficient (Wildman–Crippen LogP) is 2.84. The van der Waals surface area contributed by atoms with Gasteiger partial charge in [0.15, 0.2) is 0 Å². The zero-order chi connectivity index (χ0) is 18.1. The zero-order valence-corrected chi connectivity index (χ0v) is 14.1. The van der Waals surface area contributed by atoms with Gasteiger partial charge in [-0.15, -0.1) is 0 Å². The van der Waals surface area contributed by atoms with Gasteiger partial charge in [-0.2, -0.15) is 0 Å². The van der Waals surface area contributed by atoms with Gasteiger partial charge >= 0.3 is 12.1 Å². The number of hydrogen-bond donors (Lipinski definition) is 2. The lowest BCUT2D eigenvalue weighted by Gasteiger charge is -2.22. The van der Waals surface area contributed by atoms with Crippen LogP contribution in [0, 0.1) is 5.82 Å². The summed E-state index contributed by atoms with van der Waals surface area (Å²) in [6.07, 6.45) is 1.01. The van der Waals surface area contributed by atoms with Crippen molar-refractivity contribution < 1.29 is 23.8 Å². The van der Waals surface area contributed by atoms with Crippen LogP contribution in [0.3, 0.4) is 0 Å². The van der Waals surface area contributed by atoms with Crippen LogP contribution in [0.4, 0.5) is 9.18 Å². The van der Waals surface area contributed by atoms with Crippen LogP contribution in [-0.2, 0) is 23.0 Å². The second-order valence-corrected chi connectivity index (χ2v) is 6.67. The van der Waals surface area contributed by atoms with Crippen molar-refractivity contribution in [3.05, 3.63) is 35.8 Å². The van der Waals surface area contributed by atoms with E-state index < -0.39 is 23.7 Å². The van der Waals surface area contributed by atoms with Gasteiger partial charge in [0.05, 0.1) is 5.52 Å². The zero-order valence-electron chi connectivity index (χ0n) is 14.1. The first-order valence-corrected chi connectivity index (χ1v) is 7.52. The number of carboxylic acids is 1. The number of nitrogens with zero attached hydrogens (tertiary/aromatic N) is 1. The molecular formula is C17H21FN2O4. The standard InChI is InChI=1S/C17H21FN2O4/c1-17(2,3)24-16(23)19-13(15(21)22)7-10-9-20(4)14-8-11(18)5-6-12(10)14/h5-6,8-9,13H,7H2,1-4H3,(H,19,23)(H,21,22). The summed E-state index contributed by atoms with van der Waals surface area (Å²) in [5.41, 5.74) is 0.645. The number of amides is 1. The minimum absolute atomic E-state index is 0.0670. The molecule has 1 unspecified atom stereocenters. The van der Waals surface area contributed by atoms with E-state index in [2.05, 4.69) is 5.32 Å². The highest BCUT2D eigenvalue weighted by Crippen LogP contribution is 2.23. The predicted molar refractivity (Wildman–Crippen MR) is 87.4 cm³/mol. The Morgan fingerprint density at radius 1 is 1.38 bits per heavy atom. The van der Waals surface area contributed by atoms with Crippen molar-refractivity contribution in [2.45, 2.75) is 38.8 Å². The minimum Gasteiger partial charge on any atom is -0.480 e. The Morgan fingerprint density at radius 2 is 2.04 bits per heavy atom. The topological polar surface area (TPSA) is 80.6 Å². The van der Waals surface area contributed by atoms with Crippen molar-refractivity contribution >= 4 is 23.0 Å². The molecular weight excluding hydrogens is 315 g/mol. The molecule has 0 saturated heterocycles. The molecule has 1 aromatic carbocycles. The van der Waals surface area contributed by atoms with Gasteiger partial charge in [0.1, 0.15) is 17.5 Å². The average molecular weight is 336 g/mol. The summed E-state index contributed by atoms with van der Waals surface area (Å²) in [6, 6.07) is 3.17. The SMILES string of the molecule is Cn1cc(CC(NC(=O)OC(C)(C)C)C(=O)O)c2ccc(F)cc21. The average Bonchev–Trinajstić information content (AvgIpc) is 2.72. The number of benzene rings is 1. The van der Waals surface area contributed by atoms with Crippen molar-refractivity contribution in [1.29, 1.82) is 0 Å². The van der Waals surface area contributed by atoms with Crippen LogP contribution >= 0.6 is 0 Å². The van der Waals surface area contributed by atoms with Gasteiger partial charge in [0, 0.05) is 25.1 Å². The van der Waals surface area contributed by atoms with E-state index >= 15 is 0 Å². The molecule has 0 bridgehead atoms. The number of hydrogen-bond acceptors (Lipinski definition) is 3. The molecule has 0 saturated carbocycles. The van der Waals surface area contributed by atoms with Crippen LogP contribution < -0.4 is 5.32 Å². The summed E-state index contributed by atoms with van der Waals surface area (Å²) in [4.78, 5) is 23.3. The number of carbonyl (C=O) groups excluding carboxylic acids is 1. The number of rotatable bonds is 4. The summed E-state index contributed by atoms with van der Waals surface area (Å²) in [5, 5.41) is 12.5. The molecule has 0 radical (unpaired) electrons. The van der Waals surface area contributed by atoms with Crippen molar-refractivity contribution in [3.8, 4) is 0 Å². The number of aromatic nitrogens is 1. The number of fused-ring (bicyclic) bond motifs is 1. The third kappa shape index (κ3) is 4.24. The Labute approximate surface area is 139 Å². The number of ether oxygens (including phenoxy) is 1. The molecule has 7 heteroatoms. The molecule has 1 amide bonds. The lowest BCUT2D eigenvalue weighted by molar-refractivity contribution is -0.139. The van der Waals surface area contributed by atoms with Crippen LogP contribution in [0.25, 0.3) is 10.9 Å². The van der Waals surface area contributed by atoms with Gasteiger partial charge in [-0.3, -0.25) is 0 Å². The van der Waals surface area contributed by atoms with E-state index in [0.717, 1.165) is 5.39 Å². The Bertz CT molecular complexity index is 777. The molecule has 2 rings (SSSR count). The lowest BCUT2D eigenvalue weighted by atomic mass is 10.1. The number of nitrogens with one attached hydrogen (secondary N) is 1. The van der Waals surface area contributed by atoms with Crippen molar-refractivity contribution in [2.75, 3.05) is 0 Å². The van der Waals surface area contributed by atoms with Gasteiger partial charge < -0.3 is 19.7 Å². The Morgan fingerprint density at radius 3 is 2.62 bits per heavy atom. The molecule has 2 N–H and O–H groups in total. The molecule has 0 aliphatic rings. The third-order valence-corrected chi connectivity index (χ3v) is 3.45. The third-order valence-electron chi connectivity index (χ3n) is 3.45. The molecule has 0 aliphatic heterocycles. The number of carbonyl (C=O) groups is 2. The molecule has 1 atom stereocenters. The van der Waals surface area contributed by atoms with Crippen molar-refractivity contribution in [2.24, 2.45) is 7.05 Å². The highest BCUT2D eigenvalue weighted by atomic mass is 19.1. The van der Waals surface area contributed by atoms with Gasteiger partial charge in [0.2, 0.25) is 0 Å². The number of aryl methyl sites for hydroxylation is 1. The molecule has 0 aliphatic carbocycles. The Hall–Kier alpha value is -2.57. The van der Waals surface area contributed by atoms with Gasteiger partial charge in [-0.1, -0.05) is 0 Å². The van der Waals surface area contributed by atoms with Crippen molar-refractivity contribution in [1.82, 2.24) is 9.88 Å². The summed E-state index contributed by atoms with van der Waals surface area (Å²) in [6.45, 7) is 5.09. The van der Waals surface area contributed by atoms with Crippen LogP contribution in [0.15, 0.2) is 24.4 Å². The van der Waals surface area contributed by atoms with Gasteiger partial charge in [-0.05, 0) is 44.5 Å². The highest BCUT2D eigenvalue weighted by Gasteiger charge is 2.25. The normalized spacial score (nSPS) is 12.9. The van der Waals surface area contributed by atoms with E-state index in [1.165, 1.54) is 12.1 Å². The fourth-order valence-corrected chi connectivity index (χ4v) is 2.47. The van der Waals surface area contributed by atoms with E-state index in [1.54, 1.807) is 44.6 Å². The number of halogens is 1. The maximum Gasteiger partial charge on any atom is 0.408 e. The van der Waals surface area contributed by atoms with Crippen LogP contribution in [-0.4, -0.2) is 33.4 Å². The Balaban J connectivity index is 2.23. The summed E-state index contributed by atoms with van der Waals surface area (Å²) < 4.78 is 20.2. The largest absolute Gasteiger partial charge is 0.480 e. The molecule has 0 spiro atoms. The molecule has 1 heterocycles. The first-order chi connectivity index (χ1) is 11.1. The quantitative estimate of drug-likeness (QED) is 0.900. The summed E-state index contributed by atoms with van der Waals surface area (Å²) in [7, 11) is 1.75. The van der Waals surface area contributed by atoms with Crippen LogP contribution in [0.1, 0.15) is 26.3 Å². The number of alkyl carbamates (subject to hydrolysis) is 1. The monoisotopic (exact) mass is 336 g/mol. The van der Waals surface area contributed by atoms with Gasteiger partial charge in [-0.25, -0.2) is 14.0 Å². The van der Waals surface area contributed by atoms with Crippen LogP contribution in [0.2, 0.25) is 0 Å². The van der Waals surface area contributed by atoms with E-state index in [4.69, 9.17) is 4.74 Å².